The Kier molecular flexibility index (Phi) is 6.53. The number of esters is 1. The Hall–Kier alpha value is -0.725. The van der Waals surface area contributed by atoms with Gasteiger partial charge in [0.1, 0.15) is 0 Å². The van der Waals surface area contributed by atoms with E-state index in [4.69, 9.17) is 0 Å². The van der Waals surface area contributed by atoms with E-state index in [1.807, 2.05) is 0 Å². The van der Waals surface area contributed by atoms with Crippen LogP contribution in [0.2, 0.25) is 13.6 Å². The first-order chi connectivity index (χ1) is 5.66. The van der Waals surface area contributed by atoms with E-state index in [1.165, 1.54) is 7.11 Å². The SMILES string of the molecule is COC(=O)CCC/C=C/B(C)C. The molecular formula is C9H17BO2. The number of carbonyl (C=O) groups is 1. The van der Waals surface area contributed by atoms with Gasteiger partial charge in [-0.05, 0) is 12.8 Å². The molecule has 0 saturated heterocycles. The predicted molar refractivity (Wildman–Crippen MR) is 52.5 cm³/mol. The second-order valence-corrected chi connectivity index (χ2v) is 3.14. The summed E-state index contributed by atoms with van der Waals surface area (Å²) in [6.07, 6.45) is 4.50. The molecule has 0 fully saturated rings. The summed E-state index contributed by atoms with van der Waals surface area (Å²) in [7, 11) is 1.42. The highest BCUT2D eigenvalue weighted by atomic mass is 16.5. The van der Waals surface area contributed by atoms with Gasteiger partial charge in [0.2, 0.25) is 0 Å². The first-order valence-corrected chi connectivity index (χ1v) is 4.40. The van der Waals surface area contributed by atoms with Crippen molar-refractivity contribution in [3.63, 3.8) is 0 Å². The molecule has 0 saturated carbocycles. The van der Waals surface area contributed by atoms with E-state index in [2.05, 4.69) is 30.4 Å². The fraction of sp³-hybridized carbons (Fsp3) is 0.667. The Balaban J connectivity index is 3.27. The largest absolute Gasteiger partial charge is 0.469 e. The van der Waals surface area contributed by atoms with Gasteiger partial charge in [-0.25, -0.2) is 0 Å². The van der Waals surface area contributed by atoms with Gasteiger partial charge in [-0.15, -0.1) is 5.98 Å². The lowest BCUT2D eigenvalue weighted by Crippen LogP contribution is -1.99. The van der Waals surface area contributed by atoms with Crippen molar-refractivity contribution in [2.75, 3.05) is 7.11 Å². The average Bonchev–Trinajstić information content (AvgIpc) is 2.03. The van der Waals surface area contributed by atoms with Crippen molar-refractivity contribution in [3.05, 3.63) is 12.1 Å². The van der Waals surface area contributed by atoms with Crippen molar-refractivity contribution in [1.29, 1.82) is 0 Å². The zero-order chi connectivity index (χ0) is 9.40. The van der Waals surface area contributed by atoms with Gasteiger partial charge in [0.25, 0.3) is 0 Å². The molecule has 12 heavy (non-hydrogen) atoms. The quantitative estimate of drug-likeness (QED) is 0.357. The predicted octanol–water partition coefficient (Wildman–Crippen LogP) is 2.18. The number of hydrogen-bond acceptors (Lipinski definition) is 2. The molecule has 0 rings (SSSR count). The van der Waals surface area contributed by atoms with Crippen LogP contribution in [-0.4, -0.2) is 19.8 Å². The van der Waals surface area contributed by atoms with Crippen molar-refractivity contribution in [2.45, 2.75) is 32.9 Å². The lowest BCUT2D eigenvalue weighted by Gasteiger charge is -1.95. The van der Waals surface area contributed by atoms with Gasteiger partial charge in [-0.3, -0.25) is 4.79 Å². The number of carbonyl (C=O) groups excluding carboxylic acids is 1. The molecule has 0 spiro atoms. The van der Waals surface area contributed by atoms with Crippen molar-refractivity contribution < 1.29 is 9.53 Å². The number of hydrogen-bond donors (Lipinski definition) is 0. The first kappa shape index (κ1) is 11.3. The van der Waals surface area contributed by atoms with Gasteiger partial charge in [-0.1, -0.05) is 19.7 Å². The number of methoxy groups -OCH3 is 1. The van der Waals surface area contributed by atoms with Gasteiger partial charge in [0.15, 0.2) is 6.71 Å². The van der Waals surface area contributed by atoms with E-state index in [0.29, 0.717) is 13.1 Å². The molecule has 0 aliphatic carbocycles. The van der Waals surface area contributed by atoms with Crippen LogP contribution in [0.4, 0.5) is 0 Å². The molecule has 0 atom stereocenters. The summed E-state index contributed by atoms with van der Waals surface area (Å²) in [6, 6.07) is 0. The molecule has 0 radical (unpaired) electrons. The minimum Gasteiger partial charge on any atom is -0.469 e. The monoisotopic (exact) mass is 168 g/mol. The first-order valence-electron chi connectivity index (χ1n) is 4.40. The number of ether oxygens (including phenoxy) is 1. The maximum Gasteiger partial charge on any atom is 0.305 e. The van der Waals surface area contributed by atoms with Crippen molar-refractivity contribution >= 4 is 12.7 Å². The third kappa shape index (κ3) is 7.38. The lowest BCUT2D eigenvalue weighted by atomic mass is 9.55. The Bertz CT molecular complexity index is 153. The minimum atomic E-state index is -0.118. The maximum atomic E-state index is 10.7. The summed E-state index contributed by atoms with van der Waals surface area (Å²) < 4.78 is 4.51. The molecule has 3 heteroatoms. The normalized spacial score (nSPS) is 10.2. The zero-order valence-electron chi connectivity index (χ0n) is 8.17. The van der Waals surface area contributed by atoms with Crippen LogP contribution in [0, 0.1) is 0 Å². The molecule has 0 aromatic heterocycles. The summed E-state index contributed by atoms with van der Waals surface area (Å²) in [5.41, 5.74) is 0. The molecule has 0 amide bonds. The van der Waals surface area contributed by atoms with Gasteiger partial charge < -0.3 is 4.74 Å². The molecule has 68 valence electrons. The minimum absolute atomic E-state index is 0.118. The molecule has 0 aliphatic heterocycles. The van der Waals surface area contributed by atoms with Crippen LogP contribution in [-0.2, 0) is 9.53 Å². The molecule has 0 unspecified atom stereocenters. The second kappa shape index (κ2) is 6.95. The third-order valence-corrected chi connectivity index (χ3v) is 1.50. The van der Waals surface area contributed by atoms with Gasteiger partial charge in [0.05, 0.1) is 7.11 Å². The average molecular weight is 168 g/mol. The second-order valence-electron chi connectivity index (χ2n) is 3.14. The topological polar surface area (TPSA) is 26.3 Å². The highest BCUT2D eigenvalue weighted by Gasteiger charge is 1.97. The molecule has 0 N–H and O–H groups in total. The highest BCUT2D eigenvalue weighted by Crippen LogP contribution is 1.98. The number of rotatable bonds is 5. The van der Waals surface area contributed by atoms with Crippen LogP contribution >= 0.6 is 0 Å². The number of unbranched alkanes of at least 4 members (excludes halogenated alkanes) is 1. The van der Waals surface area contributed by atoms with Gasteiger partial charge >= 0.3 is 5.97 Å². The number of allylic oxidation sites excluding steroid dienone is 1. The van der Waals surface area contributed by atoms with E-state index in [9.17, 15) is 4.79 Å². The Morgan fingerprint density at radius 2 is 2.17 bits per heavy atom. The Morgan fingerprint density at radius 3 is 2.67 bits per heavy atom. The van der Waals surface area contributed by atoms with Crippen LogP contribution in [0.15, 0.2) is 12.1 Å². The fourth-order valence-electron chi connectivity index (χ4n) is 0.835. The van der Waals surface area contributed by atoms with Crippen LogP contribution < -0.4 is 0 Å². The van der Waals surface area contributed by atoms with Crippen molar-refractivity contribution in [1.82, 2.24) is 0 Å². The van der Waals surface area contributed by atoms with E-state index in [-0.39, 0.29) is 5.97 Å². The molecule has 2 nitrogen and oxygen atoms in total. The standard InChI is InChI=1S/C9H17BO2/c1-10(2)8-6-4-5-7-9(11)12-3/h6,8H,4-5,7H2,1-3H3/b8-6+. The van der Waals surface area contributed by atoms with Crippen LogP contribution in [0.1, 0.15) is 19.3 Å². The summed E-state index contributed by atoms with van der Waals surface area (Å²) in [4.78, 5) is 10.7. The van der Waals surface area contributed by atoms with Crippen molar-refractivity contribution in [2.24, 2.45) is 0 Å². The van der Waals surface area contributed by atoms with Gasteiger partial charge in [0, 0.05) is 6.42 Å². The maximum absolute atomic E-state index is 10.7. The summed E-state index contributed by atoms with van der Waals surface area (Å²) in [5, 5.41) is 0. The van der Waals surface area contributed by atoms with Crippen LogP contribution in [0.3, 0.4) is 0 Å². The highest BCUT2D eigenvalue weighted by molar-refractivity contribution is 6.61. The summed E-state index contributed by atoms with van der Waals surface area (Å²) in [5.74, 6) is 2.03. The molecular weight excluding hydrogens is 151 g/mol. The van der Waals surface area contributed by atoms with E-state index < -0.39 is 0 Å². The van der Waals surface area contributed by atoms with E-state index in [0.717, 1.165) is 12.8 Å². The smallest absolute Gasteiger partial charge is 0.305 e. The lowest BCUT2D eigenvalue weighted by molar-refractivity contribution is -0.140. The Morgan fingerprint density at radius 1 is 1.50 bits per heavy atom. The van der Waals surface area contributed by atoms with E-state index in [1.54, 1.807) is 0 Å². The molecule has 0 aliphatic rings. The molecule has 0 aromatic rings. The summed E-state index contributed by atoms with van der Waals surface area (Å²) in [6.45, 7) is 4.87. The van der Waals surface area contributed by atoms with Crippen LogP contribution in [0.25, 0.3) is 0 Å². The van der Waals surface area contributed by atoms with Crippen LogP contribution in [0.5, 0.6) is 0 Å². The Labute approximate surface area is 75.1 Å². The van der Waals surface area contributed by atoms with E-state index >= 15 is 0 Å². The fourth-order valence-corrected chi connectivity index (χ4v) is 0.835. The van der Waals surface area contributed by atoms with Crippen molar-refractivity contribution in [3.8, 4) is 0 Å². The third-order valence-electron chi connectivity index (χ3n) is 1.50. The molecule has 0 bridgehead atoms. The zero-order valence-corrected chi connectivity index (χ0v) is 8.17. The molecule has 0 heterocycles. The summed E-state index contributed by atoms with van der Waals surface area (Å²) >= 11 is 0. The molecule has 0 aromatic carbocycles. The van der Waals surface area contributed by atoms with Gasteiger partial charge in [-0.2, -0.15) is 0 Å².